The Kier molecular flexibility index (Phi) is 12.0. The number of para-hydroxylation sites is 1. The standard InChI is InChI=1S/C46H58F2N10O5/c1-29-25-31-8-5-17-56(39(31)26-34(29)43(47)48)44-35-28-55(30(2)59)20-15-36(35)58(50-44)33-13-18-54(19-14-33)41(61)10-6-16-52-21-23-53(24-22-52)27-32-7-4-9-37-42(32)51(3)46(63)57(37)38-11-12-40(60)49-45(38)62/h4,7,9,25-26,33,38,43H,5-6,8,10-24,27-28H2,1-3H3,(H,49,60,62). The van der Waals surface area contributed by atoms with E-state index in [2.05, 4.69) is 24.7 Å². The summed E-state index contributed by atoms with van der Waals surface area (Å²) in [5, 5.41) is 7.62. The first-order valence-electron chi connectivity index (χ1n) is 22.7. The molecule has 3 fully saturated rings. The highest BCUT2D eigenvalue weighted by Gasteiger charge is 2.36. The molecule has 1 N–H and O–H groups in total. The number of carbonyl (C=O) groups excluding carboxylic acids is 4. The van der Waals surface area contributed by atoms with E-state index in [1.807, 2.05) is 34.1 Å². The number of imidazole rings is 1. The van der Waals surface area contributed by atoms with Gasteiger partial charge in [0, 0.05) is 115 Å². The molecule has 5 aliphatic heterocycles. The van der Waals surface area contributed by atoms with Crippen LogP contribution in [0.2, 0.25) is 0 Å². The summed E-state index contributed by atoms with van der Waals surface area (Å²) < 4.78 is 33.4. The summed E-state index contributed by atoms with van der Waals surface area (Å²) in [4.78, 5) is 74.6. The molecular weight excluding hydrogens is 811 g/mol. The van der Waals surface area contributed by atoms with Gasteiger partial charge in [-0.3, -0.25) is 43.2 Å². The second-order valence-electron chi connectivity index (χ2n) is 18.1. The van der Waals surface area contributed by atoms with E-state index in [0.29, 0.717) is 69.6 Å². The van der Waals surface area contributed by atoms with Crippen LogP contribution in [0.4, 0.5) is 20.3 Å². The van der Waals surface area contributed by atoms with Gasteiger partial charge in [0.05, 0.1) is 23.6 Å². The summed E-state index contributed by atoms with van der Waals surface area (Å²) in [6.45, 7) is 11.3. The monoisotopic (exact) mass is 868 g/mol. The highest BCUT2D eigenvalue weighted by atomic mass is 19.3. The third-order valence-corrected chi connectivity index (χ3v) is 14.2. The molecule has 0 bridgehead atoms. The SMILES string of the molecule is CC(=O)N1CCc2c(c(N3CCCc4cc(C)c(C(F)F)cc43)nn2C2CCN(C(=O)CCCN3CCN(Cc4cccc5c4n(C)c(=O)n5C4CCC(=O)NC4=O)CC3)CC2)C1. The number of anilines is 2. The maximum absolute atomic E-state index is 14.1. The lowest BCUT2D eigenvalue weighted by molar-refractivity contribution is -0.136. The van der Waals surface area contributed by atoms with Crippen molar-refractivity contribution in [2.24, 2.45) is 7.05 Å². The number of piperazine rings is 1. The first-order chi connectivity index (χ1) is 30.4. The minimum atomic E-state index is -2.57. The third-order valence-electron chi connectivity index (χ3n) is 14.2. The number of halogens is 2. The fourth-order valence-corrected chi connectivity index (χ4v) is 10.7. The van der Waals surface area contributed by atoms with Crippen LogP contribution < -0.4 is 15.9 Å². The molecule has 0 saturated carbocycles. The topological polar surface area (TPSA) is 141 Å². The molecule has 3 saturated heterocycles. The molecular formula is C46H58F2N10O5. The van der Waals surface area contributed by atoms with Gasteiger partial charge in [-0.25, -0.2) is 13.6 Å². The number of benzene rings is 2. The van der Waals surface area contributed by atoms with Gasteiger partial charge in [0.1, 0.15) is 6.04 Å². The van der Waals surface area contributed by atoms with Crippen LogP contribution in [0.3, 0.4) is 0 Å². The summed E-state index contributed by atoms with van der Waals surface area (Å²) in [6.07, 6.45) is 3.10. The lowest BCUT2D eigenvalue weighted by atomic mass is 9.95. The van der Waals surface area contributed by atoms with Crippen LogP contribution in [0.25, 0.3) is 11.0 Å². The van der Waals surface area contributed by atoms with Gasteiger partial charge < -0.3 is 19.6 Å². The molecule has 2 aromatic heterocycles. The van der Waals surface area contributed by atoms with Crippen molar-refractivity contribution in [3.05, 3.63) is 74.3 Å². The van der Waals surface area contributed by atoms with Crippen molar-refractivity contribution in [3.63, 3.8) is 0 Å². The van der Waals surface area contributed by atoms with Gasteiger partial charge in [-0.2, -0.15) is 5.10 Å². The second-order valence-corrected chi connectivity index (χ2v) is 18.1. The van der Waals surface area contributed by atoms with Gasteiger partial charge in [0.25, 0.3) is 6.43 Å². The Morgan fingerprint density at radius 1 is 0.905 bits per heavy atom. The van der Waals surface area contributed by atoms with E-state index in [1.54, 1.807) is 31.5 Å². The maximum Gasteiger partial charge on any atom is 0.329 e. The average molecular weight is 869 g/mol. The molecule has 7 heterocycles. The molecule has 9 rings (SSSR count). The lowest BCUT2D eigenvalue weighted by Gasteiger charge is -2.35. The number of alkyl halides is 2. The van der Waals surface area contributed by atoms with Gasteiger partial charge in [-0.1, -0.05) is 18.2 Å². The van der Waals surface area contributed by atoms with Gasteiger partial charge >= 0.3 is 5.69 Å². The Morgan fingerprint density at radius 3 is 2.40 bits per heavy atom. The van der Waals surface area contributed by atoms with E-state index < -0.39 is 18.4 Å². The molecule has 336 valence electrons. The summed E-state index contributed by atoms with van der Waals surface area (Å²) in [6, 6.07) is 8.73. The summed E-state index contributed by atoms with van der Waals surface area (Å²) in [7, 11) is 1.73. The minimum absolute atomic E-state index is 0.00424. The van der Waals surface area contributed by atoms with E-state index >= 15 is 0 Å². The number of hydrogen-bond acceptors (Lipinski definition) is 9. The van der Waals surface area contributed by atoms with Gasteiger partial charge in [0.15, 0.2) is 5.82 Å². The molecule has 2 aromatic carbocycles. The molecule has 1 atom stereocenters. The molecule has 0 radical (unpaired) electrons. The predicted molar refractivity (Wildman–Crippen MR) is 233 cm³/mol. The van der Waals surface area contributed by atoms with Crippen molar-refractivity contribution in [2.45, 2.75) is 103 Å². The van der Waals surface area contributed by atoms with E-state index in [4.69, 9.17) is 5.10 Å². The number of nitrogens with one attached hydrogen (secondary N) is 1. The first-order valence-corrected chi connectivity index (χ1v) is 22.7. The zero-order valence-electron chi connectivity index (χ0n) is 36.6. The van der Waals surface area contributed by atoms with Crippen molar-refractivity contribution in [2.75, 3.05) is 63.8 Å². The molecule has 15 nitrogen and oxygen atoms in total. The smallest absolute Gasteiger partial charge is 0.329 e. The number of nitrogens with zero attached hydrogens (tertiary/aromatic N) is 9. The number of imide groups is 1. The number of aryl methyl sites for hydroxylation is 3. The van der Waals surface area contributed by atoms with Crippen LogP contribution >= 0.6 is 0 Å². The highest BCUT2D eigenvalue weighted by Crippen LogP contribution is 2.42. The normalized spacial score (nSPS) is 20.4. The highest BCUT2D eigenvalue weighted by molar-refractivity contribution is 6.00. The second kappa shape index (κ2) is 17.6. The van der Waals surface area contributed by atoms with Crippen molar-refractivity contribution >= 4 is 46.2 Å². The summed E-state index contributed by atoms with van der Waals surface area (Å²) >= 11 is 0. The number of likely N-dealkylation sites (tertiary alicyclic amines) is 1. The van der Waals surface area contributed by atoms with Gasteiger partial charge in [-0.05, 0) is 80.8 Å². The average Bonchev–Trinajstić information content (AvgIpc) is 3.77. The number of rotatable bonds is 10. The fraction of sp³-hybridized carbons (Fsp3) is 0.565. The minimum Gasteiger partial charge on any atom is -0.343 e. The molecule has 5 aliphatic rings. The quantitative estimate of drug-likeness (QED) is 0.228. The third kappa shape index (κ3) is 8.29. The first kappa shape index (κ1) is 42.9. The molecule has 63 heavy (non-hydrogen) atoms. The van der Waals surface area contributed by atoms with Gasteiger partial charge in [-0.15, -0.1) is 0 Å². The molecule has 1 unspecified atom stereocenters. The molecule has 0 spiro atoms. The van der Waals surface area contributed by atoms with Crippen molar-refractivity contribution < 1.29 is 28.0 Å². The molecule has 4 aromatic rings. The Labute approximate surface area is 365 Å². The van der Waals surface area contributed by atoms with Crippen LogP contribution in [0.15, 0.2) is 35.1 Å². The van der Waals surface area contributed by atoms with Crippen LogP contribution in [-0.4, -0.2) is 121 Å². The molecule has 17 heteroatoms. The van der Waals surface area contributed by atoms with Crippen molar-refractivity contribution in [1.82, 2.24) is 43.8 Å². The maximum atomic E-state index is 14.1. The summed E-state index contributed by atoms with van der Waals surface area (Å²) in [5.74, 6) is 0.178. The predicted octanol–water partition coefficient (Wildman–Crippen LogP) is 4.51. The number of piperidine rings is 2. The Bertz CT molecular complexity index is 2500. The number of fused-ring (bicyclic) bond motifs is 3. The van der Waals surface area contributed by atoms with Crippen molar-refractivity contribution in [1.29, 1.82) is 0 Å². The van der Waals surface area contributed by atoms with E-state index in [0.717, 1.165) is 104 Å². The number of aromatic nitrogens is 4. The van der Waals surface area contributed by atoms with Crippen molar-refractivity contribution in [3.8, 4) is 0 Å². The van der Waals surface area contributed by atoms with E-state index in [1.165, 1.54) is 4.57 Å². The lowest BCUT2D eigenvalue weighted by Crippen LogP contribution is -2.46. The molecule has 0 aliphatic carbocycles. The van der Waals surface area contributed by atoms with E-state index in [9.17, 15) is 32.8 Å². The van der Waals surface area contributed by atoms with Crippen LogP contribution in [0.1, 0.15) is 104 Å². The molecule has 4 amide bonds. The Hall–Kier alpha value is -5.42. The zero-order valence-corrected chi connectivity index (χ0v) is 36.6. The van der Waals surface area contributed by atoms with Crippen LogP contribution in [0.5, 0.6) is 0 Å². The Morgan fingerprint density at radius 2 is 1.67 bits per heavy atom. The Balaban J connectivity index is 0.786. The zero-order chi connectivity index (χ0) is 44.1. The fourth-order valence-electron chi connectivity index (χ4n) is 10.7. The van der Waals surface area contributed by atoms with Crippen LogP contribution in [-0.2, 0) is 52.2 Å². The largest absolute Gasteiger partial charge is 0.343 e. The van der Waals surface area contributed by atoms with Gasteiger partial charge in [0.2, 0.25) is 23.6 Å². The van der Waals surface area contributed by atoms with Crippen LogP contribution in [0, 0.1) is 6.92 Å². The van der Waals surface area contributed by atoms with E-state index in [-0.39, 0.29) is 41.4 Å². The number of hydrogen-bond donors (Lipinski definition) is 1. The number of carbonyl (C=O) groups is 4. The summed E-state index contributed by atoms with van der Waals surface area (Å²) in [5.41, 5.74) is 6.81. The number of amides is 4.